The number of allylic oxidation sites excluding steroid dienone is 1. The number of rotatable bonds is 5. The van der Waals surface area contributed by atoms with E-state index in [-0.39, 0.29) is 17.1 Å². The number of carbonyl (C=O) groups is 1. The summed E-state index contributed by atoms with van der Waals surface area (Å²) in [5, 5.41) is 0. The first-order valence-electron chi connectivity index (χ1n) is 9.72. The Labute approximate surface area is 151 Å². The molecule has 1 amide bonds. The fourth-order valence-corrected chi connectivity index (χ4v) is 4.86. The van der Waals surface area contributed by atoms with Crippen molar-refractivity contribution in [1.82, 2.24) is 4.90 Å². The Bertz CT molecular complexity index is 605. The molecule has 1 aromatic rings. The van der Waals surface area contributed by atoms with Crippen LogP contribution in [0, 0.1) is 11.7 Å². The van der Waals surface area contributed by atoms with Crippen molar-refractivity contribution in [2.45, 2.75) is 69.7 Å². The highest BCUT2D eigenvalue weighted by Crippen LogP contribution is 2.41. The Morgan fingerprint density at radius 1 is 1.28 bits per heavy atom. The molecule has 0 spiro atoms. The average molecular weight is 343 g/mol. The molecule has 136 valence electrons. The molecule has 2 nitrogen and oxygen atoms in total. The number of halogens is 1. The number of hydrogen-bond acceptors (Lipinski definition) is 1. The van der Waals surface area contributed by atoms with Crippen molar-refractivity contribution in [2.75, 3.05) is 6.54 Å². The minimum absolute atomic E-state index is 0.227. The van der Waals surface area contributed by atoms with Gasteiger partial charge in [-0.3, -0.25) is 4.79 Å². The quantitative estimate of drug-likeness (QED) is 0.670. The number of benzene rings is 1. The fourth-order valence-electron chi connectivity index (χ4n) is 4.86. The van der Waals surface area contributed by atoms with E-state index in [4.69, 9.17) is 0 Å². The molecule has 0 aromatic heterocycles. The molecule has 0 N–H and O–H groups in total. The fraction of sp³-hybridized carbons (Fsp3) is 0.591. The first kappa shape index (κ1) is 18.2. The summed E-state index contributed by atoms with van der Waals surface area (Å²) in [5.74, 6) is 0.665. The molecule has 0 bridgehead atoms. The van der Waals surface area contributed by atoms with Crippen LogP contribution < -0.4 is 0 Å². The maximum atomic E-state index is 13.3. The minimum Gasteiger partial charge on any atom is -0.340 e. The number of likely N-dealkylation sites (tertiary alicyclic amines) is 1. The molecule has 2 aliphatic rings. The van der Waals surface area contributed by atoms with Crippen LogP contribution in [-0.4, -0.2) is 23.4 Å². The second kappa shape index (κ2) is 7.72. The molecule has 25 heavy (non-hydrogen) atoms. The van der Waals surface area contributed by atoms with Crippen LogP contribution in [-0.2, 0) is 10.2 Å². The van der Waals surface area contributed by atoms with Crippen LogP contribution >= 0.6 is 0 Å². The number of hydrogen-bond donors (Lipinski definition) is 0. The van der Waals surface area contributed by atoms with E-state index in [9.17, 15) is 9.18 Å². The molecular formula is C22H30FNO. The highest BCUT2D eigenvalue weighted by atomic mass is 19.1. The summed E-state index contributed by atoms with van der Waals surface area (Å²) in [6.45, 7) is 6.92. The lowest BCUT2D eigenvalue weighted by Gasteiger charge is -2.45. The van der Waals surface area contributed by atoms with Crippen molar-refractivity contribution in [2.24, 2.45) is 5.92 Å². The van der Waals surface area contributed by atoms with Gasteiger partial charge in [-0.2, -0.15) is 0 Å². The van der Waals surface area contributed by atoms with E-state index < -0.39 is 0 Å². The first-order chi connectivity index (χ1) is 12.1. The molecule has 2 fully saturated rings. The Morgan fingerprint density at radius 2 is 1.96 bits per heavy atom. The zero-order chi connectivity index (χ0) is 17.9. The molecule has 0 radical (unpaired) electrons. The van der Waals surface area contributed by atoms with E-state index in [1.807, 2.05) is 18.2 Å². The van der Waals surface area contributed by atoms with Gasteiger partial charge in [-0.1, -0.05) is 37.5 Å². The van der Waals surface area contributed by atoms with E-state index in [1.54, 1.807) is 0 Å². The van der Waals surface area contributed by atoms with Crippen LogP contribution in [0.5, 0.6) is 0 Å². The van der Waals surface area contributed by atoms with Gasteiger partial charge in [0.25, 0.3) is 0 Å². The lowest BCUT2D eigenvalue weighted by Crippen LogP contribution is -2.51. The second-order valence-electron chi connectivity index (χ2n) is 7.93. The summed E-state index contributed by atoms with van der Waals surface area (Å²) in [6, 6.07) is 7.02. The van der Waals surface area contributed by atoms with Crippen LogP contribution in [0.25, 0.3) is 0 Å². The predicted octanol–water partition coefficient (Wildman–Crippen LogP) is 5.23. The van der Waals surface area contributed by atoms with Crippen LogP contribution in [0.15, 0.2) is 36.9 Å². The molecule has 1 aliphatic carbocycles. The van der Waals surface area contributed by atoms with Crippen molar-refractivity contribution in [3.63, 3.8) is 0 Å². The second-order valence-corrected chi connectivity index (χ2v) is 7.93. The molecular weight excluding hydrogens is 313 g/mol. The van der Waals surface area contributed by atoms with Crippen molar-refractivity contribution in [3.05, 3.63) is 48.3 Å². The summed E-state index contributed by atoms with van der Waals surface area (Å²) in [4.78, 5) is 15.1. The Balaban J connectivity index is 1.76. The van der Waals surface area contributed by atoms with Gasteiger partial charge in [-0.15, -0.1) is 6.58 Å². The normalized spacial score (nSPS) is 26.5. The number of nitrogens with zero attached hydrogens (tertiary/aromatic N) is 1. The van der Waals surface area contributed by atoms with E-state index >= 15 is 0 Å². The predicted molar refractivity (Wildman–Crippen MR) is 99.9 cm³/mol. The third kappa shape index (κ3) is 3.80. The molecule has 1 heterocycles. The van der Waals surface area contributed by atoms with Gasteiger partial charge in [-0.25, -0.2) is 4.39 Å². The average Bonchev–Trinajstić information content (AvgIpc) is 2.63. The van der Waals surface area contributed by atoms with Gasteiger partial charge in [0.1, 0.15) is 5.82 Å². The maximum Gasteiger partial charge on any atom is 0.223 e. The van der Waals surface area contributed by atoms with Crippen molar-refractivity contribution >= 4 is 5.91 Å². The lowest BCUT2D eigenvalue weighted by molar-refractivity contribution is -0.139. The third-order valence-corrected chi connectivity index (χ3v) is 6.46. The van der Waals surface area contributed by atoms with Crippen molar-refractivity contribution < 1.29 is 9.18 Å². The Kier molecular flexibility index (Phi) is 5.61. The summed E-state index contributed by atoms with van der Waals surface area (Å²) in [6.07, 6.45) is 10.5. The van der Waals surface area contributed by atoms with Crippen LogP contribution in [0.2, 0.25) is 0 Å². The summed E-state index contributed by atoms with van der Waals surface area (Å²) < 4.78 is 13.3. The van der Waals surface area contributed by atoms with E-state index in [2.05, 4.69) is 18.4 Å². The highest BCUT2D eigenvalue weighted by molar-refractivity contribution is 5.79. The standard InChI is InChI=1S/C22H30FNO/c1-3-13-22(19-9-11-20(23)12-10-19)14-15-24(21(25)16-22)17(2)18-7-5-4-6-8-18/h3,9-12,17-18H,1,4-8,13-16H2,2H3/t17-,22+/m0/s1. The molecule has 1 aliphatic heterocycles. The molecule has 2 atom stereocenters. The van der Waals surface area contributed by atoms with Gasteiger partial charge in [0.05, 0.1) is 0 Å². The van der Waals surface area contributed by atoms with Crippen LogP contribution in [0.1, 0.15) is 63.9 Å². The van der Waals surface area contributed by atoms with Gasteiger partial charge in [0.2, 0.25) is 5.91 Å². The maximum absolute atomic E-state index is 13.3. The zero-order valence-electron chi connectivity index (χ0n) is 15.3. The number of carbonyl (C=O) groups excluding carboxylic acids is 1. The smallest absolute Gasteiger partial charge is 0.223 e. The van der Waals surface area contributed by atoms with Gasteiger partial charge in [0, 0.05) is 24.4 Å². The number of amides is 1. The van der Waals surface area contributed by atoms with Crippen molar-refractivity contribution in [3.8, 4) is 0 Å². The van der Waals surface area contributed by atoms with Gasteiger partial charge < -0.3 is 4.90 Å². The molecule has 0 unspecified atom stereocenters. The SMILES string of the molecule is C=CC[C@@]1(c2ccc(F)cc2)CCN([C@@H](C)C2CCCCC2)C(=O)C1. The topological polar surface area (TPSA) is 20.3 Å². The monoisotopic (exact) mass is 343 g/mol. The van der Waals surface area contributed by atoms with Crippen molar-refractivity contribution in [1.29, 1.82) is 0 Å². The van der Waals surface area contributed by atoms with E-state index in [1.165, 1.54) is 44.2 Å². The molecule has 1 saturated carbocycles. The molecule has 1 saturated heterocycles. The Morgan fingerprint density at radius 3 is 2.56 bits per heavy atom. The van der Waals surface area contributed by atoms with Crippen LogP contribution in [0.4, 0.5) is 4.39 Å². The third-order valence-electron chi connectivity index (χ3n) is 6.46. The summed E-state index contributed by atoms with van der Waals surface area (Å²) >= 11 is 0. The Hall–Kier alpha value is -1.64. The van der Waals surface area contributed by atoms with Gasteiger partial charge >= 0.3 is 0 Å². The van der Waals surface area contributed by atoms with Gasteiger partial charge in [-0.05, 0) is 56.2 Å². The van der Waals surface area contributed by atoms with E-state index in [0.717, 1.165) is 24.9 Å². The number of piperidine rings is 1. The molecule has 3 heteroatoms. The minimum atomic E-state index is -0.229. The van der Waals surface area contributed by atoms with Gasteiger partial charge in [0.15, 0.2) is 0 Å². The summed E-state index contributed by atoms with van der Waals surface area (Å²) in [5.41, 5.74) is 0.835. The van der Waals surface area contributed by atoms with Crippen LogP contribution in [0.3, 0.4) is 0 Å². The first-order valence-corrected chi connectivity index (χ1v) is 9.72. The molecule has 3 rings (SSSR count). The highest BCUT2D eigenvalue weighted by Gasteiger charge is 2.41. The summed E-state index contributed by atoms with van der Waals surface area (Å²) in [7, 11) is 0. The molecule has 1 aromatic carbocycles. The zero-order valence-corrected chi connectivity index (χ0v) is 15.3. The van der Waals surface area contributed by atoms with E-state index in [0.29, 0.717) is 18.4 Å². The largest absolute Gasteiger partial charge is 0.340 e. The lowest BCUT2D eigenvalue weighted by atomic mass is 9.69.